The molecule has 0 bridgehead atoms. The topological polar surface area (TPSA) is 41.5 Å². The van der Waals surface area contributed by atoms with Crippen molar-refractivity contribution in [1.82, 2.24) is 0 Å². The standard InChI is InChI=1S/C16H17BrFNO2/c1-2-21-16-7-6-13(9-14(16)18)19-10-15(20)11-4-3-5-12(17)8-11/h3-9,15,19-20H,2,10H2,1H3. The van der Waals surface area contributed by atoms with E-state index < -0.39 is 11.9 Å². The first-order valence-corrected chi connectivity index (χ1v) is 7.49. The van der Waals surface area contributed by atoms with E-state index in [1.165, 1.54) is 6.07 Å². The minimum atomic E-state index is -0.669. The molecule has 0 spiro atoms. The van der Waals surface area contributed by atoms with Crippen LogP contribution in [-0.4, -0.2) is 18.3 Å². The predicted octanol–water partition coefficient (Wildman–Crippen LogP) is 4.13. The van der Waals surface area contributed by atoms with Gasteiger partial charge in [0, 0.05) is 22.8 Å². The maximum atomic E-state index is 13.7. The van der Waals surface area contributed by atoms with E-state index in [4.69, 9.17) is 4.74 Å². The Morgan fingerprint density at radius 2 is 2.10 bits per heavy atom. The van der Waals surface area contributed by atoms with Crippen molar-refractivity contribution < 1.29 is 14.2 Å². The molecule has 0 aliphatic rings. The van der Waals surface area contributed by atoms with Crippen molar-refractivity contribution in [3.8, 4) is 5.75 Å². The van der Waals surface area contributed by atoms with Crippen molar-refractivity contribution in [3.05, 3.63) is 58.3 Å². The van der Waals surface area contributed by atoms with Crippen molar-refractivity contribution in [3.63, 3.8) is 0 Å². The predicted molar refractivity (Wildman–Crippen MR) is 85.2 cm³/mol. The Morgan fingerprint density at radius 1 is 1.29 bits per heavy atom. The van der Waals surface area contributed by atoms with Gasteiger partial charge in [-0.15, -0.1) is 0 Å². The number of aliphatic hydroxyl groups excluding tert-OH is 1. The van der Waals surface area contributed by atoms with E-state index in [-0.39, 0.29) is 5.75 Å². The zero-order valence-corrected chi connectivity index (χ0v) is 13.2. The van der Waals surface area contributed by atoms with Crippen molar-refractivity contribution in [2.45, 2.75) is 13.0 Å². The van der Waals surface area contributed by atoms with Crippen LogP contribution < -0.4 is 10.1 Å². The van der Waals surface area contributed by atoms with E-state index >= 15 is 0 Å². The molecule has 0 aliphatic heterocycles. The van der Waals surface area contributed by atoms with Crippen LogP contribution in [0, 0.1) is 5.82 Å². The third-order valence-electron chi connectivity index (χ3n) is 2.96. The fraction of sp³-hybridized carbons (Fsp3) is 0.250. The van der Waals surface area contributed by atoms with E-state index in [1.54, 1.807) is 19.1 Å². The summed E-state index contributed by atoms with van der Waals surface area (Å²) in [5.74, 6) is -0.186. The molecule has 1 atom stereocenters. The van der Waals surface area contributed by atoms with E-state index in [2.05, 4.69) is 21.2 Å². The smallest absolute Gasteiger partial charge is 0.167 e. The number of halogens is 2. The second-order valence-corrected chi connectivity index (χ2v) is 5.45. The average Bonchev–Trinajstić information content (AvgIpc) is 2.47. The Hall–Kier alpha value is -1.59. The number of hydrogen-bond acceptors (Lipinski definition) is 3. The highest BCUT2D eigenvalue weighted by molar-refractivity contribution is 9.10. The van der Waals surface area contributed by atoms with E-state index in [9.17, 15) is 9.50 Å². The Balaban J connectivity index is 1.98. The number of benzene rings is 2. The summed E-state index contributed by atoms with van der Waals surface area (Å²) in [5.41, 5.74) is 1.40. The summed E-state index contributed by atoms with van der Waals surface area (Å²) in [4.78, 5) is 0. The summed E-state index contributed by atoms with van der Waals surface area (Å²) in [6.45, 7) is 2.52. The van der Waals surface area contributed by atoms with Crippen LogP contribution in [-0.2, 0) is 0 Å². The van der Waals surface area contributed by atoms with Crippen LogP contribution in [0.3, 0.4) is 0 Å². The molecule has 0 aliphatic carbocycles. The molecule has 1 unspecified atom stereocenters. The molecule has 0 saturated carbocycles. The lowest BCUT2D eigenvalue weighted by Gasteiger charge is -2.14. The van der Waals surface area contributed by atoms with Gasteiger partial charge in [0.15, 0.2) is 11.6 Å². The molecule has 2 aromatic carbocycles. The summed E-state index contributed by atoms with van der Waals surface area (Å²) in [7, 11) is 0. The molecule has 0 saturated heterocycles. The summed E-state index contributed by atoms with van der Waals surface area (Å²) in [6, 6.07) is 12.1. The van der Waals surface area contributed by atoms with Gasteiger partial charge in [0.05, 0.1) is 12.7 Å². The normalized spacial score (nSPS) is 12.0. The molecule has 0 radical (unpaired) electrons. The molecule has 2 rings (SSSR count). The number of nitrogens with one attached hydrogen (secondary N) is 1. The molecule has 2 aromatic rings. The monoisotopic (exact) mass is 353 g/mol. The van der Waals surface area contributed by atoms with Gasteiger partial charge >= 0.3 is 0 Å². The number of anilines is 1. The fourth-order valence-electron chi connectivity index (χ4n) is 1.93. The van der Waals surface area contributed by atoms with Gasteiger partial charge < -0.3 is 15.2 Å². The summed E-state index contributed by atoms with van der Waals surface area (Å²) < 4.78 is 19.8. The molecule has 0 amide bonds. The largest absolute Gasteiger partial charge is 0.491 e. The molecule has 112 valence electrons. The molecule has 3 nitrogen and oxygen atoms in total. The minimum Gasteiger partial charge on any atom is -0.491 e. The zero-order valence-electron chi connectivity index (χ0n) is 11.6. The highest BCUT2D eigenvalue weighted by Gasteiger charge is 2.09. The van der Waals surface area contributed by atoms with Gasteiger partial charge in [-0.3, -0.25) is 0 Å². The van der Waals surface area contributed by atoms with Crippen molar-refractivity contribution in [1.29, 1.82) is 0 Å². The Labute approximate surface area is 131 Å². The summed E-state index contributed by atoms with van der Waals surface area (Å²) in [5, 5.41) is 13.1. The van der Waals surface area contributed by atoms with Crippen LogP contribution in [0.15, 0.2) is 46.9 Å². The first-order chi connectivity index (χ1) is 10.1. The third kappa shape index (κ3) is 4.44. The summed E-state index contributed by atoms with van der Waals surface area (Å²) >= 11 is 3.36. The lowest BCUT2D eigenvalue weighted by Crippen LogP contribution is -2.12. The second kappa shape index (κ2) is 7.43. The molecule has 21 heavy (non-hydrogen) atoms. The lowest BCUT2D eigenvalue weighted by atomic mass is 10.1. The van der Waals surface area contributed by atoms with Crippen LogP contribution in [0.25, 0.3) is 0 Å². The SMILES string of the molecule is CCOc1ccc(NCC(O)c2cccc(Br)c2)cc1F. The molecule has 0 aromatic heterocycles. The number of hydrogen-bond donors (Lipinski definition) is 2. The first kappa shape index (κ1) is 15.8. The Morgan fingerprint density at radius 3 is 2.76 bits per heavy atom. The van der Waals surface area contributed by atoms with Gasteiger partial charge in [0.25, 0.3) is 0 Å². The van der Waals surface area contributed by atoms with E-state index in [0.29, 0.717) is 18.8 Å². The van der Waals surface area contributed by atoms with E-state index in [1.807, 2.05) is 24.3 Å². The first-order valence-electron chi connectivity index (χ1n) is 6.70. The number of rotatable bonds is 6. The van der Waals surface area contributed by atoms with Crippen molar-refractivity contribution >= 4 is 21.6 Å². The second-order valence-electron chi connectivity index (χ2n) is 4.53. The van der Waals surface area contributed by atoms with Gasteiger partial charge in [-0.05, 0) is 36.8 Å². The van der Waals surface area contributed by atoms with Crippen molar-refractivity contribution in [2.24, 2.45) is 0 Å². The van der Waals surface area contributed by atoms with Gasteiger partial charge in [-0.25, -0.2) is 4.39 Å². The third-order valence-corrected chi connectivity index (χ3v) is 3.46. The van der Waals surface area contributed by atoms with Crippen LogP contribution >= 0.6 is 15.9 Å². The van der Waals surface area contributed by atoms with Gasteiger partial charge in [0.1, 0.15) is 0 Å². The van der Waals surface area contributed by atoms with E-state index in [0.717, 1.165) is 10.0 Å². The summed E-state index contributed by atoms with van der Waals surface area (Å²) in [6.07, 6.45) is -0.669. The minimum absolute atomic E-state index is 0.232. The Kier molecular flexibility index (Phi) is 5.59. The zero-order chi connectivity index (χ0) is 15.2. The highest BCUT2D eigenvalue weighted by Crippen LogP contribution is 2.23. The lowest BCUT2D eigenvalue weighted by molar-refractivity contribution is 0.191. The van der Waals surface area contributed by atoms with Crippen LogP contribution in [0.1, 0.15) is 18.6 Å². The van der Waals surface area contributed by atoms with Crippen LogP contribution in [0.2, 0.25) is 0 Å². The van der Waals surface area contributed by atoms with Gasteiger partial charge in [-0.2, -0.15) is 0 Å². The maximum Gasteiger partial charge on any atom is 0.167 e. The molecular formula is C16H17BrFNO2. The number of aliphatic hydroxyl groups is 1. The molecule has 5 heteroatoms. The van der Waals surface area contributed by atoms with Crippen LogP contribution in [0.5, 0.6) is 5.75 Å². The molecule has 0 heterocycles. The maximum absolute atomic E-state index is 13.7. The van der Waals surface area contributed by atoms with Gasteiger partial charge in [0.2, 0.25) is 0 Å². The quantitative estimate of drug-likeness (QED) is 0.820. The molecular weight excluding hydrogens is 337 g/mol. The van der Waals surface area contributed by atoms with Gasteiger partial charge in [-0.1, -0.05) is 28.1 Å². The van der Waals surface area contributed by atoms with Crippen molar-refractivity contribution in [2.75, 3.05) is 18.5 Å². The average molecular weight is 354 g/mol. The molecule has 2 N–H and O–H groups in total. The molecule has 0 fully saturated rings. The fourth-order valence-corrected chi connectivity index (χ4v) is 2.35. The number of ether oxygens (including phenoxy) is 1. The Bertz CT molecular complexity index is 607. The van der Waals surface area contributed by atoms with Crippen LogP contribution in [0.4, 0.5) is 10.1 Å². The highest BCUT2D eigenvalue weighted by atomic mass is 79.9.